The van der Waals surface area contributed by atoms with Crippen LogP contribution >= 0.6 is 23.2 Å². The second kappa shape index (κ2) is 6.16. The van der Waals surface area contributed by atoms with Gasteiger partial charge >= 0.3 is 0 Å². The SMILES string of the molecule is O=C(/C=C/c1ccc(Cl)c(Cl)c1)c1cc(F)cc(F)c1. The second-order valence-electron chi connectivity index (χ2n) is 4.03. The van der Waals surface area contributed by atoms with Crippen LogP contribution in [0.25, 0.3) is 6.08 Å². The zero-order chi connectivity index (χ0) is 14.7. The van der Waals surface area contributed by atoms with E-state index in [4.69, 9.17) is 23.2 Å². The van der Waals surface area contributed by atoms with Crippen molar-refractivity contribution in [2.24, 2.45) is 0 Å². The maximum atomic E-state index is 13.0. The predicted molar refractivity (Wildman–Crippen MR) is 76.2 cm³/mol. The van der Waals surface area contributed by atoms with Crippen LogP contribution in [0.3, 0.4) is 0 Å². The van der Waals surface area contributed by atoms with Crippen LogP contribution in [0.2, 0.25) is 10.0 Å². The first-order chi connectivity index (χ1) is 9.45. The van der Waals surface area contributed by atoms with Crippen LogP contribution in [0.5, 0.6) is 0 Å². The molecule has 0 saturated heterocycles. The summed E-state index contributed by atoms with van der Waals surface area (Å²) in [4.78, 5) is 11.8. The van der Waals surface area contributed by atoms with Gasteiger partial charge in [-0.1, -0.05) is 35.3 Å². The molecule has 2 rings (SSSR count). The molecule has 0 aliphatic rings. The molecule has 0 saturated carbocycles. The zero-order valence-electron chi connectivity index (χ0n) is 10.0. The molecule has 0 aliphatic heterocycles. The van der Waals surface area contributed by atoms with E-state index >= 15 is 0 Å². The summed E-state index contributed by atoms with van der Waals surface area (Å²) in [6, 6.07) is 7.51. The van der Waals surface area contributed by atoms with E-state index in [0.717, 1.165) is 12.1 Å². The van der Waals surface area contributed by atoms with E-state index < -0.39 is 17.4 Å². The minimum absolute atomic E-state index is 0.0567. The van der Waals surface area contributed by atoms with Gasteiger partial charge in [0.1, 0.15) is 11.6 Å². The van der Waals surface area contributed by atoms with E-state index in [1.54, 1.807) is 18.2 Å². The van der Waals surface area contributed by atoms with Crippen molar-refractivity contribution in [2.45, 2.75) is 0 Å². The van der Waals surface area contributed by atoms with Crippen LogP contribution in [0.4, 0.5) is 8.78 Å². The van der Waals surface area contributed by atoms with Gasteiger partial charge in [-0.05, 0) is 35.9 Å². The Hall–Kier alpha value is -1.71. The van der Waals surface area contributed by atoms with Crippen molar-refractivity contribution in [3.05, 3.63) is 75.3 Å². The Kier molecular flexibility index (Phi) is 4.53. The summed E-state index contributed by atoms with van der Waals surface area (Å²) in [5.41, 5.74) is 0.600. The van der Waals surface area contributed by atoms with E-state index in [-0.39, 0.29) is 5.56 Å². The summed E-state index contributed by atoms with van der Waals surface area (Å²) < 4.78 is 26.0. The molecule has 0 unspecified atom stereocenters. The van der Waals surface area contributed by atoms with Gasteiger partial charge in [-0.15, -0.1) is 0 Å². The van der Waals surface area contributed by atoms with Crippen molar-refractivity contribution >= 4 is 35.1 Å². The fourth-order valence-electron chi connectivity index (χ4n) is 1.58. The molecule has 2 aromatic rings. The summed E-state index contributed by atoms with van der Waals surface area (Å²) in [6.07, 6.45) is 2.71. The van der Waals surface area contributed by atoms with Crippen LogP contribution in [0, 0.1) is 11.6 Å². The summed E-state index contributed by atoms with van der Waals surface area (Å²) >= 11 is 11.6. The molecule has 0 fully saturated rings. The number of hydrogen-bond donors (Lipinski definition) is 0. The van der Waals surface area contributed by atoms with Gasteiger partial charge in [0, 0.05) is 11.6 Å². The minimum atomic E-state index is -0.795. The molecule has 0 heterocycles. The lowest BCUT2D eigenvalue weighted by Crippen LogP contribution is -1.96. The summed E-state index contributed by atoms with van der Waals surface area (Å²) in [6.45, 7) is 0. The number of ketones is 1. The molecule has 0 N–H and O–H groups in total. The average Bonchev–Trinajstić information content (AvgIpc) is 2.38. The van der Waals surface area contributed by atoms with Gasteiger partial charge in [-0.25, -0.2) is 8.78 Å². The molecule has 0 atom stereocenters. The number of allylic oxidation sites excluding steroid dienone is 1. The lowest BCUT2D eigenvalue weighted by atomic mass is 10.1. The Bertz CT molecular complexity index is 676. The molecule has 0 aliphatic carbocycles. The van der Waals surface area contributed by atoms with E-state index in [1.165, 1.54) is 12.2 Å². The van der Waals surface area contributed by atoms with Crippen LogP contribution in [-0.2, 0) is 0 Å². The molecule has 5 heteroatoms. The van der Waals surface area contributed by atoms with Gasteiger partial charge in [0.2, 0.25) is 0 Å². The topological polar surface area (TPSA) is 17.1 Å². The lowest BCUT2D eigenvalue weighted by molar-refractivity contribution is 0.104. The van der Waals surface area contributed by atoms with Crippen molar-refractivity contribution in [3.8, 4) is 0 Å². The van der Waals surface area contributed by atoms with Crippen LogP contribution in [0.1, 0.15) is 15.9 Å². The second-order valence-corrected chi connectivity index (χ2v) is 4.84. The Morgan fingerprint density at radius 2 is 1.60 bits per heavy atom. The van der Waals surface area contributed by atoms with Gasteiger partial charge < -0.3 is 0 Å². The third-order valence-corrected chi connectivity index (χ3v) is 3.26. The quantitative estimate of drug-likeness (QED) is 0.564. The third-order valence-electron chi connectivity index (χ3n) is 2.52. The van der Waals surface area contributed by atoms with E-state index in [2.05, 4.69) is 0 Å². The Morgan fingerprint density at radius 1 is 0.950 bits per heavy atom. The Balaban J connectivity index is 2.22. The first-order valence-electron chi connectivity index (χ1n) is 5.59. The van der Waals surface area contributed by atoms with Crippen molar-refractivity contribution in [3.63, 3.8) is 0 Å². The highest BCUT2D eigenvalue weighted by Crippen LogP contribution is 2.23. The maximum Gasteiger partial charge on any atom is 0.186 e. The summed E-state index contributed by atoms with van der Waals surface area (Å²) in [5.74, 6) is -2.10. The van der Waals surface area contributed by atoms with Gasteiger partial charge in [0.25, 0.3) is 0 Å². The molecule has 1 nitrogen and oxygen atoms in total. The van der Waals surface area contributed by atoms with E-state index in [1.807, 2.05) is 0 Å². The van der Waals surface area contributed by atoms with E-state index in [0.29, 0.717) is 21.7 Å². The highest BCUT2D eigenvalue weighted by Gasteiger charge is 2.06. The highest BCUT2D eigenvalue weighted by molar-refractivity contribution is 6.42. The maximum absolute atomic E-state index is 13.0. The Morgan fingerprint density at radius 3 is 2.20 bits per heavy atom. The standard InChI is InChI=1S/C15H8Cl2F2O/c16-13-3-1-9(5-14(13)17)2-4-15(20)10-6-11(18)8-12(19)7-10/h1-8H/b4-2+. The average molecular weight is 313 g/mol. The van der Waals surface area contributed by atoms with Crippen LogP contribution in [0.15, 0.2) is 42.5 Å². The molecule has 20 heavy (non-hydrogen) atoms. The molecule has 102 valence electrons. The molecule has 0 radical (unpaired) electrons. The lowest BCUT2D eigenvalue weighted by Gasteiger charge is -1.99. The number of carbonyl (C=O) groups excluding carboxylic acids is 1. The number of halogens is 4. The first kappa shape index (κ1) is 14.7. The molecule has 0 spiro atoms. The predicted octanol–water partition coefficient (Wildman–Crippen LogP) is 5.17. The van der Waals surface area contributed by atoms with E-state index in [9.17, 15) is 13.6 Å². The van der Waals surface area contributed by atoms with Crippen LogP contribution in [-0.4, -0.2) is 5.78 Å². The van der Waals surface area contributed by atoms with Crippen molar-refractivity contribution < 1.29 is 13.6 Å². The van der Waals surface area contributed by atoms with Crippen molar-refractivity contribution in [1.29, 1.82) is 0 Å². The largest absolute Gasteiger partial charge is 0.289 e. The highest BCUT2D eigenvalue weighted by atomic mass is 35.5. The molecule has 2 aromatic carbocycles. The van der Waals surface area contributed by atoms with Crippen molar-refractivity contribution in [1.82, 2.24) is 0 Å². The fourth-order valence-corrected chi connectivity index (χ4v) is 1.89. The van der Waals surface area contributed by atoms with Crippen LogP contribution < -0.4 is 0 Å². The number of carbonyl (C=O) groups is 1. The molecular formula is C15H8Cl2F2O. The number of rotatable bonds is 3. The van der Waals surface area contributed by atoms with Gasteiger partial charge in [0.05, 0.1) is 10.0 Å². The Labute approximate surface area is 124 Å². The monoisotopic (exact) mass is 312 g/mol. The number of hydrogen-bond acceptors (Lipinski definition) is 1. The zero-order valence-corrected chi connectivity index (χ0v) is 11.6. The normalized spacial score (nSPS) is 11.0. The summed E-state index contributed by atoms with van der Waals surface area (Å²) in [7, 11) is 0. The van der Waals surface area contributed by atoms with Gasteiger partial charge in [-0.3, -0.25) is 4.79 Å². The van der Waals surface area contributed by atoms with Crippen molar-refractivity contribution in [2.75, 3.05) is 0 Å². The van der Waals surface area contributed by atoms with Gasteiger partial charge in [-0.2, -0.15) is 0 Å². The molecule has 0 aromatic heterocycles. The van der Waals surface area contributed by atoms with Gasteiger partial charge in [0.15, 0.2) is 5.78 Å². The molecule has 0 amide bonds. The number of benzene rings is 2. The fraction of sp³-hybridized carbons (Fsp3) is 0. The minimum Gasteiger partial charge on any atom is -0.289 e. The summed E-state index contributed by atoms with van der Waals surface area (Å²) in [5, 5.41) is 0.764. The molecule has 0 bridgehead atoms. The molecular weight excluding hydrogens is 305 g/mol. The smallest absolute Gasteiger partial charge is 0.186 e. The first-order valence-corrected chi connectivity index (χ1v) is 6.35. The third kappa shape index (κ3) is 3.65.